The van der Waals surface area contributed by atoms with Crippen molar-refractivity contribution in [1.82, 2.24) is 4.90 Å². The molecule has 0 spiro atoms. The van der Waals surface area contributed by atoms with Gasteiger partial charge in [-0.05, 0) is 37.6 Å². The van der Waals surface area contributed by atoms with Crippen LogP contribution in [-0.4, -0.2) is 43.6 Å². The number of piperazine rings is 1. The molecule has 1 heterocycles. The van der Waals surface area contributed by atoms with Gasteiger partial charge in [0.1, 0.15) is 5.75 Å². The predicted octanol–water partition coefficient (Wildman–Crippen LogP) is 3.03. The average Bonchev–Trinajstić information content (AvgIpc) is 2.61. The number of carbonyl (C=O) groups is 1. The van der Waals surface area contributed by atoms with Crippen molar-refractivity contribution in [2.45, 2.75) is 13.8 Å². The summed E-state index contributed by atoms with van der Waals surface area (Å²) in [6.07, 6.45) is 0. The van der Waals surface area contributed by atoms with Gasteiger partial charge in [-0.1, -0.05) is 35.9 Å². The van der Waals surface area contributed by atoms with Crippen LogP contribution in [0.1, 0.15) is 11.1 Å². The van der Waals surface area contributed by atoms with E-state index in [2.05, 4.69) is 36.9 Å². The van der Waals surface area contributed by atoms with Gasteiger partial charge in [-0.3, -0.25) is 4.79 Å². The standard InChI is InChI=1S/C20H24N2O2/c1-16-8-9-19(17(2)14-16)21-10-12-22(13-11-21)20(23)15-24-18-6-4-3-5-7-18/h3-9,14H,10-13,15H2,1-2H3. The Balaban J connectivity index is 1.52. The molecule has 4 nitrogen and oxygen atoms in total. The van der Waals surface area contributed by atoms with Gasteiger partial charge < -0.3 is 14.5 Å². The molecule has 3 rings (SSSR count). The Morgan fingerprint density at radius 2 is 1.71 bits per heavy atom. The van der Waals surface area contributed by atoms with E-state index in [-0.39, 0.29) is 12.5 Å². The van der Waals surface area contributed by atoms with Gasteiger partial charge in [-0.25, -0.2) is 0 Å². The van der Waals surface area contributed by atoms with Gasteiger partial charge in [0.2, 0.25) is 0 Å². The highest BCUT2D eigenvalue weighted by Gasteiger charge is 2.22. The number of rotatable bonds is 4. The van der Waals surface area contributed by atoms with Crippen LogP contribution < -0.4 is 9.64 Å². The van der Waals surface area contributed by atoms with Crippen LogP contribution >= 0.6 is 0 Å². The average molecular weight is 324 g/mol. The summed E-state index contributed by atoms with van der Waals surface area (Å²) in [7, 11) is 0. The molecular weight excluding hydrogens is 300 g/mol. The Kier molecular flexibility index (Phi) is 5.04. The van der Waals surface area contributed by atoms with Gasteiger partial charge >= 0.3 is 0 Å². The molecular formula is C20H24N2O2. The molecule has 0 bridgehead atoms. The van der Waals surface area contributed by atoms with Gasteiger partial charge in [0.25, 0.3) is 5.91 Å². The highest BCUT2D eigenvalue weighted by atomic mass is 16.5. The first-order valence-corrected chi connectivity index (χ1v) is 8.41. The van der Waals surface area contributed by atoms with Gasteiger partial charge in [0, 0.05) is 31.9 Å². The molecule has 1 aliphatic rings. The van der Waals surface area contributed by atoms with E-state index in [1.165, 1.54) is 16.8 Å². The Labute approximate surface area is 143 Å². The van der Waals surface area contributed by atoms with Crippen molar-refractivity contribution in [3.63, 3.8) is 0 Å². The molecule has 2 aromatic carbocycles. The molecule has 0 saturated carbocycles. The SMILES string of the molecule is Cc1ccc(N2CCN(C(=O)COc3ccccc3)CC2)c(C)c1. The lowest BCUT2D eigenvalue weighted by atomic mass is 10.1. The summed E-state index contributed by atoms with van der Waals surface area (Å²) < 4.78 is 5.56. The third kappa shape index (κ3) is 3.88. The number of benzene rings is 2. The monoisotopic (exact) mass is 324 g/mol. The van der Waals surface area contributed by atoms with Crippen molar-refractivity contribution in [2.24, 2.45) is 0 Å². The molecule has 0 aromatic heterocycles. The molecule has 0 atom stereocenters. The van der Waals surface area contributed by atoms with E-state index in [0.29, 0.717) is 0 Å². The van der Waals surface area contributed by atoms with Crippen LogP contribution in [-0.2, 0) is 4.79 Å². The third-order valence-corrected chi connectivity index (χ3v) is 4.43. The fourth-order valence-electron chi connectivity index (χ4n) is 3.11. The highest BCUT2D eigenvalue weighted by Crippen LogP contribution is 2.22. The van der Waals surface area contributed by atoms with Crippen LogP contribution in [0.3, 0.4) is 0 Å². The second kappa shape index (κ2) is 7.39. The van der Waals surface area contributed by atoms with Crippen molar-refractivity contribution in [3.05, 3.63) is 59.7 Å². The van der Waals surface area contributed by atoms with Crippen LogP contribution in [0, 0.1) is 13.8 Å². The Bertz CT molecular complexity index is 692. The summed E-state index contributed by atoms with van der Waals surface area (Å²) in [5, 5.41) is 0. The fraction of sp³-hybridized carbons (Fsp3) is 0.350. The lowest BCUT2D eigenvalue weighted by molar-refractivity contribution is -0.133. The van der Waals surface area contributed by atoms with Gasteiger partial charge in [-0.15, -0.1) is 0 Å². The molecule has 0 unspecified atom stereocenters. The molecule has 0 aliphatic carbocycles. The van der Waals surface area contributed by atoms with Gasteiger partial charge in [-0.2, -0.15) is 0 Å². The highest BCUT2D eigenvalue weighted by molar-refractivity contribution is 5.78. The molecule has 2 aromatic rings. The van der Waals surface area contributed by atoms with Crippen LogP contribution in [0.2, 0.25) is 0 Å². The molecule has 4 heteroatoms. The maximum Gasteiger partial charge on any atom is 0.260 e. The normalized spacial score (nSPS) is 14.6. The molecule has 1 fully saturated rings. The number of nitrogens with zero attached hydrogens (tertiary/aromatic N) is 2. The number of anilines is 1. The van der Waals surface area contributed by atoms with E-state index in [4.69, 9.17) is 4.74 Å². The smallest absolute Gasteiger partial charge is 0.260 e. The second-order valence-electron chi connectivity index (χ2n) is 6.26. The van der Waals surface area contributed by atoms with Crippen molar-refractivity contribution < 1.29 is 9.53 Å². The first kappa shape index (κ1) is 16.4. The minimum Gasteiger partial charge on any atom is -0.484 e. The number of hydrogen-bond acceptors (Lipinski definition) is 3. The molecule has 0 radical (unpaired) electrons. The second-order valence-corrected chi connectivity index (χ2v) is 6.26. The van der Waals surface area contributed by atoms with Crippen molar-refractivity contribution in [2.75, 3.05) is 37.7 Å². The summed E-state index contributed by atoms with van der Waals surface area (Å²) in [6, 6.07) is 16.0. The largest absolute Gasteiger partial charge is 0.484 e. The molecule has 1 aliphatic heterocycles. The molecule has 126 valence electrons. The third-order valence-electron chi connectivity index (χ3n) is 4.43. The number of para-hydroxylation sites is 1. The summed E-state index contributed by atoms with van der Waals surface area (Å²) in [5.41, 5.74) is 3.85. The minimum atomic E-state index is 0.0548. The maximum absolute atomic E-state index is 12.3. The van der Waals surface area contributed by atoms with Crippen LogP contribution in [0.15, 0.2) is 48.5 Å². The van der Waals surface area contributed by atoms with Crippen molar-refractivity contribution >= 4 is 11.6 Å². The number of hydrogen-bond donors (Lipinski definition) is 0. The topological polar surface area (TPSA) is 32.8 Å². The Morgan fingerprint density at radius 1 is 1.00 bits per heavy atom. The van der Waals surface area contributed by atoms with Crippen LogP contribution in [0.5, 0.6) is 5.75 Å². The summed E-state index contributed by atoms with van der Waals surface area (Å²) in [4.78, 5) is 16.6. The summed E-state index contributed by atoms with van der Waals surface area (Å²) in [5.74, 6) is 0.791. The van der Waals surface area contributed by atoms with Gasteiger partial charge in [0.15, 0.2) is 6.61 Å². The van der Waals surface area contributed by atoms with E-state index >= 15 is 0 Å². The lowest BCUT2D eigenvalue weighted by Crippen LogP contribution is -2.50. The number of ether oxygens (including phenoxy) is 1. The van der Waals surface area contributed by atoms with Crippen LogP contribution in [0.25, 0.3) is 0 Å². The number of carbonyl (C=O) groups excluding carboxylic acids is 1. The first-order valence-electron chi connectivity index (χ1n) is 8.41. The van der Waals surface area contributed by atoms with E-state index < -0.39 is 0 Å². The Hall–Kier alpha value is -2.49. The van der Waals surface area contributed by atoms with E-state index in [1.54, 1.807) is 0 Å². The zero-order chi connectivity index (χ0) is 16.9. The van der Waals surface area contributed by atoms with Gasteiger partial charge in [0.05, 0.1) is 0 Å². The van der Waals surface area contributed by atoms with Crippen molar-refractivity contribution in [1.29, 1.82) is 0 Å². The minimum absolute atomic E-state index is 0.0548. The molecule has 1 amide bonds. The lowest BCUT2D eigenvalue weighted by Gasteiger charge is -2.36. The van der Waals surface area contributed by atoms with E-state index in [9.17, 15) is 4.79 Å². The summed E-state index contributed by atoms with van der Waals surface area (Å²) in [6.45, 7) is 7.57. The molecule has 0 N–H and O–H groups in total. The first-order chi connectivity index (χ1) is 11.6. The molecule has 1 saturated heterocycles. The summed E-state index contributed by atoms with van der Waals surface area (Å²) >= 11 is 0. The van der Waals surface area contributed by atoms with E-state index in [0.717, 1.165) is 31.9 Å². The Morgan fingerprint density at radius 3 is 2.38 bits per heavy atom. The fourth-order valence-corrected chi connectivity index (χ4v) is 3.11. The quantitative estimate of drug-likeness (QED) is 0.867. The molecule has 24 heavy (non-hydrogen) atoms. The van der Waals surface area contributed by atoms with Crippen LogP contribution in [0.4, 0.5) is 5.69 Å². The predicted molar refractivity (Wildman–Crippen MR) is 96.6 cm³/mol. The zero-order valence-electron chi connectivity index (χ0n) is 14.4. The number of amides is 1. The number of aryl methyl sites for hydroxylation is 2. The maximum atomic E-state index is 12.3. The van der Waals surface area contributed by atoms with E-state index in [1.807, 2.05) is 35.2 Å². The van der Waals surface area contributed by atoms with Crippen molar-refractivity contribution in [3.8, 4) is 5.75 Å². The zero-order valence-corrected chi connectivity index (χ0v) is 14.4.